The van der Waals surface area contributed by atoms with E-state index >= 15 is 0 Å². The molecular formula is C16H23NO3. The second kappa shape index (κ2) is 7.08. The van der Waals surface area contributed by atoms with Gasteiger partial charge in [0.2, 0.25) is 5.91 Å². The van der Waals surface area contributed by atoms with Crippen LogP contribution in [0.4, 0.5) is 0 Å². The Kier molecular flexibility index (Phi) is 5.74. The van der Waals surface area contributed by atoms with Gasteiger partial charge in [-0.05, 0) is 31.7 Å². The first-order chi connectivity index (χ1) is 9.29. The summed E-state index contributed by atoms with van der Waals surface area (Å²) in [5, 5.41) is 11.9. The molecule has 0 bridgehead atoms. The summed E-state index contributed by atoms with van der Waals surface area (Å²) in [7, 11) is 0. The molecule has 2 N–H and O–H groups in total. The van der Waals surface area contributed by atoms with Crippen LogP contribution in [-0.4, -0.2) is 17.0 Å². The summed E-state index contributed by atoms with van der Waals surface area (Å²) in [6, 6.07) is 4.60. The zero-order valence-corrected chi connectivity index (χ0v) is 12.6. The van der Waals surface area contributed by atoms with E-state index in [1.54, 1.807) is 12.1 Å². The first-order valence-corrected chi connectivity index (χ1v) is 6.90. The standard InChI is InChI=1S/C16H23NO3/c1-10(2)5-6-14(18)17-15(16(19)20)13-8-11(3)7-12(4)9-13/h7-10,15H,5-6H2,1-4H3,(H,17,18)(H,19,20). The van der Waals surface area contributed by atoms with Crippen molar-refractivity contribution in [1.82, 2.24) is 5.32 Å². The monoisotopic (exact) mass is 277 g/mol. The molecule has 1 unspecified atom stereocenters. The Bertz CT molecular complexity index is 474. The van der Waals surface area contributed by atoms with E-state index in [4.69, 9.17) is 0 Å². The number of aliphatic carboxylic acids is 1. The van der Waals surface area contributed by atoms with Gasteiger partial charge in [-0.2, -0.15) is 0 Å². The minimum atomic E-state index is -1.03. The van der Waals surface area contributed by atoms with Crippen LogP contribution in [0.5, 0.6) is 0 Å². The minimum Gasteiger partial charge on any atom is -0.479 e. The molecule has 0 spiro atoms. The average Bonchev–Trinajstić information content (AvgIpc) is 2.31. The highest BCUT2D eigenvalue weighted by Crippen LogP contribution is 2.18. The molecule has 4 heteroatoms. The van der Waals surface area contributed by atoms with Crippen molar-refractivity contribution in [3.8, 4) is 0 Å². The molecule has 1 aromatic carbocycles. The Balaban J connectivity index is 2.84. The number of carboxylic acids is 1. The number of hydrogen-bond donors (Lipinski definition) is 2. The molecule has 0 aliphatic heterocycles. The molecular weight excluding hydrogens is 254 g/mol. The largest absolute Gasteiger partial charge is 0.479 e. The van der Waals surface area contributed by atoms with Crippen molar-refractivity contribution in [1.29, 1.82) is 0 Å². The van der Waals surface area contributed by atoms with Crippen LogP contribution < -0.4 is 5.32 Å². The second-order valence-electron chi connectivity index (χ2n) is 5.69. The van der Waals surface area contributed by atoms with Crippen molar-refractivity contribution >= 4 is 11.9 Å². The molecule has 110 valence electrons. The highest BCUT2D eigenvalue weighted by atomic mass is 16.4. The molecule has 0 fully saturated rings. The number of carbonyl (C=O) groups excluding carboxylic acids is 1. The van der Waals surface area contributed by atoms with Gasteiger partial charge in [0.15, 0.2) is 6.04 Å². The summed E-state index contributed by atoms with van der Waals surface area (Å²) in [6.07, 6.45) is 1.11. The van der Waals surface area contributed by atoms with Crippen molar-refractivity contribution in [2.45, 2.75) is 46.6 Å². The summed E-state index contributed by atoms with van der Waals surface area (Å²) in [6.45, 7) is 7.89. The van der Waals surface area contributed by atoms with Gasteiger partial charge in [-0.3, -0.25) is 4.79 Å². The van der Waals surface area contributed by atoms with Crippen molar-refractivity contribution in [2.24, 2.45) is 5.92 Å². The first kappa shape index (κ1) is 16.2. The molecule has 0 saturated carbocycles. The smallest absolute Gasteiger partial charge is 0.330 e. The Morgan fingerprint density at radius 3 is 2.15 bits per heavy atom. The summed E-state index contributed by atoms with van der Waals surface area (Å²) in [4.78, 5) is 23.2. The van der Waals surface area contributed by atoms with E-state index in [2.05, 4.69) is 5.32 Å². The number of carboxylic acid groups (broad SMARTS) is 1. The van der Waals surface area contributed by atoms with Gasteiger partial charge in [-0.25, -0.2) is 4.79 Å². The van der Waals surface area contributed by atoms with Crippen molar-refractivity contribution in [3.05, 3.63) is 34.9 Å². The van der Waals surface area contributed by atoms with Crippen LogP contribution in [0.2, 0.25) is 0 Å². The maximum atomic E-state index is 11.8. The zero-order chi connectivity index (χ0) is 15.3. The maximum absolute atomic E-state index is 11.8. The van der Waals surface area contributed by atoms with Crippen molar-refractivity contribution < 1.29 is 14.7 Å². The number of benzene rings is 1. The van der Waals surface area contributed by atoms with Crippen molar-refractivity contribution in [3.63, 3.8) is 0 Å². The quantitative estimate of drug-likeness (QED) is 0.840. The van der Waals surface area contributed by atoms with E-state index in [-0.39, 0.29) is 5.91 Å². The third-order valence-corrected chi connectivity index (χ3v) is 3.08. The van der Waals surface area contributed by atoms with Gasteiger partial charge >= 0.3 is 5.97 Å². The number of nitrogens with one attached hydrogen (secondary N) is 1. The fourth-order valence-electron chi connectivity index (χ4n) is 2.12. The van der Waals surface area contributed by atoms with Gasteiger partial charge < -0.3 is 10.4 Å². The second-order valence-corrected chi connectivity index (χ2v) is 5.69. The van der Waals surface area contributed by atoms with E-state index in [1.807, 2.05) is 33.8 Å². The molecule has 1 rings (SSSR count). The summed E-state index contributed by atoms with van der Waals surface area (Å²) in [5.41, 5.74) is 2.60. The first-order valence-electron chi connectivity index (χ1n) is 6.90. The number of rotatable bonds is 6. The van der Waals surface area contributed by atoms with E-state index in [0.717, 1.165) is 17.5 Å². The Morgan fingerprint density at radius 1 is 1.15 bits per heavy atom. The molecule has 0 aliphatic carbocycles. The molecule has 20 heavy (non-hydrogen) atoms. The maximum Gasteiger partial charge on any atom is 0.330 e. The SMILES string of the molecule is Cc1cc(C)cc(C(NC(=O)CCC(C)C)C(=O)O)c1. The number of aryl methyl sites for hydroxylation is 2. The van der Waals surface area contributed by atoms with Crippen LogP contribution in [0.15, 0.2) is 18.2 Å². The van der Waals surface area contributed by atoms with E-state index < -0.39 is 12.0 Å². The van der Waals surface area contributed by atoms with Crippen LogP contribution in [0.25, 0.3) is 0 Å². The fourth-order valence-corrected chi connectivity index (χ4v) is 2.12. The van der Waals surface area contributed by atoms with Crippen molar-refractivity contribution in [2.75, 3.05) is 0 Å². The van der Waals surface area contributed by atoms with Crippen LogP contribution in [-0.2, 0) is 9.59 Å². The minimum absolute atomic E-state index is 0.217. The Labute approximate surface area is 120 Å². The lowest BCUT2D eigenvalue weighted by Gasteiger charge is -2.16. The average molecular weight is 277 g/mol. The van der Waals surface area contributed by atoms with Crippen LogP contribution in [0.3, 0.4) is 0 Å². The highest BCUT2D eigenvalue weighted by Gasteiger charge is 2.22. The van der Waals surface area contributed by atoms with E-state index in [0.29, 0.717) is 17.9 Å². The third kappa shape index (κ3) is 5.03. The van der Waals surface area contributed by atoms with Crippen LogP contribution in [0.1, 0.15) is 49.4 Å². The topological polar surface area (TPSA) is 66.4 Å². The van der Waals surface area contributed by atoms with Gasteiger partial charge in [-0.1, -0.05) is 43.2 Å². The molecule has 1 atom stereocenters. The molecule has 1 amide bonds. The van der Waals surface area contributed by atoms with Gasteiger partial charge in [0.05, 0.1) is 0 Å². The summed E-state index contributed by atoms with van der Waals surface area (Å²) < 4.78 is 0. The third-order valence-electron chi connectivity index (χ3n) is 3.08. The molecule has 1 aromatic rings. The lowest BCUT2D eigenvalue weighted by Crippen LogP contribution is -2.33. The fraction of sp³-hybridized carbons (Fsp3) is 0.500. The molecule has 0 aliphatic rings. The molecule has 4 nitrogen and oxygen atoms in total. The van der Waals surface area contributed by atoms with Gasteiger partial charge in [0, 0.05) is 6.42 Å². The number of amides is 1. The van der Waals surface area contributed by atoms with Crippen LogP contribution >= 0.6 is 0 Å². The number of hydrogen-bond acceptors (Lipinski definition) is 2. The van der Waals surface area contributed by atoms with Gasteiger partial charge in [0.1, 0.15) is 0 Å². The predicted molar refractivity (Wildman–Crippen MR) is 78.5 cm³/mol. The summed E-state index contributed by atoms with van der Waals surface area (Å²) in [5.74, 6) is -0.830. The lowest BCUT2D eigenvalue weighted by atomic mass is 10.0. The Hall–Kier alpha value is -1.84. The predicted octanol–water partition coefficient (Wildman–Crippen LogP) is 2.98. The molecule has 0 radical (unpaired) electrons. The summed E-state index contributed by atoms with van der Waals surface area (Å²) >= 11 is 0. The Morgan fingerprint density at radius 2 is 1.70 bits per heavy atom. The highest BCUT2D eigenvalue weighted by molar-refractivity contribution is 5.84. The molecule has 0 saturated heterocycles. The zero-order valence-electron chi connectivity index (χ0n) is 12.6. The van der Waals surface area contributed by atoms with E-state index in [9.17, 15) is 14.7 Å². The lowest BCUT2D eigenvalue weighted by molar-refractivity contribution is -0.142. The normalized spacial score (nSPS) is 12.2. The number of carbonyl (C=O) groups is 2. The molecule has 0 aromatic heterocycles. The van der Waals surface area contributed by atoms with Crippen LogP contribution in [0, 0.1) is 19.8 Å². The van der Waals surface area contributed by atoms with Gasteiger partial charge in [-0.15, -0.1) is 0 Å². The van der Waals surface area contributed by atoms with Gasteiger partial charge in [0.25, 0.3) is 0 Å². The van der Waals surface area contributed by atoms with E-state index in [1.165, 1.54) is 0 Å². The molecule has 0 heterocycles.